The van der Waals surface area contributed by atoms with Crippen molar-refractivity contribution in [2.75, 3.05) is 0 Å². The molecule has 0 radical (unpaired) electrons. The van der Waals surface area contributed by atoms with E-state index in [2.05, 4.69) is 0 Å². The van der Waals surface area contributed by atoms with E-state index in [4.69, 9.17) is 18.5 Å². The summed E-state index contributed by atoms with van der Waals surface area (Å²) >= 11 is -2.61. The predicted octanol–water partition coefficient (Wildman–Crippen LogP) is -9.44. The van der Waals surface area contributed by atoms with Crippen LogP contribution in [0.5, 0.6) is 0 Å². The van der Waals surface area contributed by atoms with E-state index in [1.165, 1.54) is 0 Å². The van der Waals surface area contributed by atoms with Crippen LogP contribution in [0, 0.1) is 0 Å². The molecule has 0 spiro atoms. The van der Waals surface area contributed by atoms with Crippen molar-refractivity contribution < 1.29 is 121 Å². The Morgan fingerprint density at radius 3 is 1.33 bits per heavy atom. The third-order valence-corrected chi connectivity index (χ3v) is 1.03. The van der Waals surface area contributed by atoms with Gasteiger partial charge in [0, 0.05) is 12.8 Å². The van der Waals surface area contributed by atoms with E-state index in [1.54, 1.807) is 0 Å². The number of imide groups is 1. The van der Waals surface area contributed by atoms with Gasteiger partial charge in [0.1, 0.15) is 0 Å². The van der Waals surface area contributed by atoms with Crippen LogP contribution in [0.4, 0.5) is 0 Å². The molecule has 76 valence electrons. The van der Waals surface area contributed by atoms with Crippen LogP contribution in [0.15, 0.2) is 0 Å². The van der Waals surface area contributed by atoms with Crippen LogP contribution in [0.2, 0.25) is 0 Å². The van der Waals surface area contributed by atoms with E-state index in [1.807, 2.05) is 0 Å². The Bertz CT molecular complexity index is 218. The van der Waals surface area contributed by atoms with E-state index in [-0.39, 0.29) is 111 Å². The smallest absolute Gasteiger partial charge is 1.00 e. The molecule has 1 fully saturated rings. The molecule has 3 N–H and O–H groups in total. The van der Waals surface area contributed by atoms with Crippen LogP contribution in [0.1, 0.15) is 17.1 Å². The molecular weight excluding hydrogens is 259 g/mol. The normalized spacial score (nSPS) is 13.2. The van der Waals surface area contributed by atoms with E-state index < -0.39 is 23.2 Å². The number of rotatable bonds is 0. The molecule has 0 saturated carbocycles. The maximum atomic E-state index is 10.2. The summed E-state index contributed by atoms with van der Waals surface area (Å²) in [5.41, 5.74) is 0. The van der Waals surface area contributed by atoms with E-state index >= 15 is 0 Å². The maximum Gasteiger partial charge on any atom is 1.00 e. The van der Waals surface area contributed by atoms with Crippen LogP contribution in [0.25, 0.3) is 0 Å². The van der Waals surface area contributed by atoms with Gasteiger partial charge in [-0.25, -0.2) is 0 Å². The zero-order valence-corrected chi connectivity index (χ0v) is 15.7. The molecule has 1 saturated heterocycles. The van der Waals surface area contributed by atoms with Crippen molar-refractivity contribution in [3.63, 3.8) is 0 Å². The van der Waals surface area contributed by atoms with Crippen molar-refractivity contribution >= 4 is 23.2 Å². The van der Waals surface area contributed by atoms with Crippen molar-refractivity contribution in [1.82, 2.24) is 5.06 Å². The van der Waals surface area contributed by atoms with Gasteiger partial charge >= 0.3 is 88.7 Å². The summed E-state index contributed by atoms with van der Waals surface area (Å²) in [4.78, 5) is 20.5. The molecule has 1 aliphatic rings. The van der Waals surface area contributed by atoms with Crippen LogP contribution in [-0.2, 0) is 21.0 Å². The number of carbonyl (C=O) groups excluding carboxylic acids is 2. The van der Waals surface area contributed by atoms with Crippen LogP contribution in [0.3, 0.4) is 0 Å². The molecule has 1 aliphatic heterocycles. The number of hydroxylamine groups is 2. The Kier molecular flexibility index (Phi) is 24.6. The van der Waals surface area contributed by atoms with Gasteiger partial charge in [-0.2, -0.15) is 9.27 Å². The molecule has 0 atom stereocenters. The number of amides is 2. The summed E-state index contributed by atoms with van der Waals surface area (Å²) in [5.74, 6) is -1.01. The van der Waals surface area contributed by atoms with Gasteiger partial charge in [-0.05, 0) is 0 Å². The van der Waals surface area contributed by atoms with Gasteiger partial charge < -0.3 is 4.28 Å². The van der Waals surface area contributed by atoms with Crippen LogP contribution >= 0.6 is 0 Å². The Balaban J connectivity index is -0.0000000223. The summed E-state index contributed by atoms with van der Waals surface area (Å²) in [5, 5.41) is 8.57. The average Bonchev–Trinajstić information content (AvgIpc) is 2.19. The molecule has 2 amide bonds. The molecule has 0 aromatic heterocycles. The first kappa shape index (κ1) is 25.9. The van der Waals surface area contributed by atoms with Gasteiger partial charge in [-0.1, -0.05) is 0 Å². The first-order valence-electron chi connectivity index (χ1n) is 2.79. The van der Waals surface area contributed by atoms with Crippen LogP contribution in [-0.4, -0.2) is 35.4 Å². The average molecular weight is 269 g/mol. The summed E-state index contributed by atoms with van der Waals surface area (Å²) < 4.78 is 22.8. The van der Waals surface area contributed by atoms with Crippen LogP contribution < -0.4 is 88.7 Å². The molecule has 15 heavy (non-hydrogen) atoms. The fourth-order valence-electron chi connectivity index (χ4n) is 0.565. The molecule has 0 aliphatic carbocycles. The fourth-order valence-corrected chi connectivity index (χ4v) is 0.565. The second-order valence-corrected chi connectivity index (χ2v) is 2.29. The maximum absolute atomic E-state index is 10.2. The minimum absolute atomic E-state index is 0. The minimum atomic E-state index is -2.61. The van der Waals surface area contributed by atoms with Crippen molar-refractivity contribution in [3.05, 3.63) is 0 Å². The summed E-state index contributed by atoms with van der Waals surface area (Å²) in [6, 6.07) is 0. The number of hydrogen-bond donors (Lipinski definition) is 3. The summed E-state index contributed by atoms with van der Waals surface area (Å²) in [6.07, 6.45) is 0.296. The topological polar surface area (TPSA) is 115 Å². The number of carbonyl (C=O) groups is 2. The molecular formula is C4H10NNa3O6S. The number of hydrogen-bond acceptors (Lipinski definition) is 4. The molecule has 0 aromatic rings. The van der Waals surface area contributed by atoms with Gasteiger partial charge in [0.05, 0.1) is 0 Å². The molecule has 0 unspecified atom stereocenters. The van der Waals surface area contributed by atoms with Crippen molar-refractivity contribution in [2.24, 2.45) is 0 Å². The minimum Gasteiger partial charge on any atom is -1.00 e. The Labute approximate surface area is 160 Å². The fraction of sp³-hybridized carbons (Fsp3) is 0.500. The predicted molar refractivity (Wildman–Crippen MR) is 39.6 cm³/mol. The number of nitrogens with zero attached hydrogens (tertiary/aromatic N) is 1. The molecule has 0 aromatic carbocycles. The van der Waals surface area contributed by atoms with Gasteiger partial charge in [-0.15, -0.1) is 0 Å². The molecule has 1 rings (SSSR count). The van der Waals surface area contributed by atoms with Gasteiger partial charge in [-0.3, -0.25) is 23.9 Å². The molecule has 0 bridgehead atoms. The summed E-state index contributed by atoms with van der Waals surface area (Å²) in [7, 11) is 0. The third kappa shape index (κ3) is 14.1. The Morgan fingerprint density at radius 1 is 1.07 bits per heavy atom. The standard InChI is InChI=1S/C4H5NO3.3Na.H2O3S.3H/c6-3-1-2-4(7)5(3)8;;;;1-4(2)3;;;/h8H,1-2H2;;;;(H2,1,2,3);;;/q;3*+1;;3*-1. The quantitative estimate of drug-likeness (QED) is 0.174. The Morgan fingerprint density at radius 2 is 1.27 bits per heavy atom. The van der Waals surface area contributed by atoms with Crippen molar-refractivity contribution in [2.45, 2.75) is 12.8 Å². The van der Waals surface area contributed by atoms with Gasteiger partial charge in [0.2, 0.25) is 0 Å². The molecule has 11 heteroatoms. The first-order chi connectivity index (χ1) is 5.45. The second-order valence-electron chi connectivity index (χ2n) is 1.83. The second kappa shape index (κ2) is 14.2. The summed E-state index contributed by atoms with van der Waals surface area (Å²) in [6.45, 7) is 0. The van der Waals surface area contributed by atoms with Crippen molar-refractivity contribution in [1.29, 1.82) is 0 Å². The van der Waals surface area contributed by atoms with E-state index in [0.29, 0.717) is 0 Å². The first-order valence-corrected chi connectivity index (χ1v) is 3.86. The third-order valence-electron chi connectivity index (χ3n) is 1.03. The largest absolute Gasteiger partial charge is 1.00 e. The van der Waals surface area contributed by atoms with Gasteiger partial charge in [0.15, 0.2) is 0 Å². The van der Waals surface area contributed by atoms with E-state index in [9.17, 15) is 9.59 Å². The van der Waals surface area contributed by atoms with E-state index in [0.717, 1.165) is 0 Å². The van der Waals surface area contributed by atoms with Gasteiger partial charge in [0.25, 0.3) is 23.2 Å². The molecule has 1 heterocycles. The zero-order chi connectivity index (χ0) is 9.72. The molecule has 7 nitrogen and oxygen atoms in total. The monoisotopic (exact) mass is 269 g/mol. The zero-order valence-electron chi connectivity index (χ0n) is 11.8. The van der Waals surface area contributed by atoms with Crippen molar-refractivity contribution in [3.8, 4) is 0 Å². The Hall–Kier alpha value is 2.17. The SMILES string of the molecule is O=C1CCC(=O)N1O.O=S(O)O.[H-].[H-].[H-].[Na+].[Na+].[Na+].